The first-order valence-electron chi connectivity index (χ1n) is 9.58. The SMILES string of the molecule is CC(=NOCc1ccc(C(C)C)cc1)c1ccc(OCC(=O)c2ccco2)cc1. The largest absolute Gasteiger partial charge is 0.485 e. The first-order valence-corrected chi connectivity index (χ1v) is 9.58. The molecule has 1 aromatic heterocycles. The monoisotopic (exact) mass is 391 g/mol. The molecule has 0 radical (unpaired) electrons. The van der Waals surface area contributed by atoms with E-state index in [0.717, 1.165) is 16.8 Å². The molecule has 3 aromatic rings. The highest BCUT2D eigenvalue weighted by Crippen LogP contribution is 2.16. The third-order valence-electron chi connectivity index (χ3n) is 4.52. The Balaban J connectivity index is 1.50. The lowest BCUT2D eigenvalue weighted by molar-refractivity contribution is 0.0894. The number of carbonyl (C=O) groups excluding carboxylic acids is 1. The number of hydrogen-bond donors (Lipinski definition) is 0. The zero-order valence-corrected chi connectivity index (χ0v) is 16.9. The van der Waals surface area contributed by atoms with Crippen LogP contribution in [0.1, 0.15) is 53.9 Å². The van der Waals surface area contributed by atoms with Crippen molar-refractivity contribution in [3.8, 4) is 5.75 Å². The van der Waals surface area contributed by atoms with E-state index >= 15 is 0 Å². The molecule has 0 saturated carbocycles. The maximum absolute atomic E-state index is 11.9. The highest BCUT2D eigenvalue weighted by molar-refractivity contribution is 5.98. The molecule has 5 nitrogen and oxygen atoms in total. The van der Waals surface area contributed by atoms with E-state index in [1.54, 1.807) is 24.3 Å². The highest BCUT2D eigenvalue weighted by atomic mass is 16.6. The van der Waals surface area contributed by atoms with Crippen LogP contribution in [0.5, 0.6) is 5.75 Å². The topological polar surface area (TPSA) is 61.0 Å². The summed E-state index contributed by atoms with van der Waals surface area (Å²) in [4.78, 5) is 17.4. The summed E-state index contributed by atoms with van der Waals surface area (Å²) in [5, 5.41) is 4.19. The molecule has 0 bridgehead atoms. The van der Waals surface area contributed by atoms with Gasteiger partial charge in [-0.25, -0.2) is 0 Å². The molecule has 0 aliphatic rings. The number of Topliss-reactive ketones (excluding diaryl/α,β-unsaturated/α-hetero) is 1. The van der Waals surface area contributed by atoms with Crippen LogP contribution in [0, 0.1) is 0 Å². The second kappa shape index (κ2) is 9.73. The maximum atomic E-state index is 11.9. The van der Waals surface area contributed by atoms with Crippen LogP contribution in [0.15, 0.2) is 76.5 Å². The molecule has 3 rings (SSSR count). The van der Waals surface area contributed by atoms with Crippen molar-refractivity contribution in [3.05, 3.63) is 89.4 Å². The van der Waals surface area contributed by atoms with Gasteiger partial charge in [0.15, 0.2) is 12.4 Å². The van der Waals surface area contributed by atoms with Crippen LogP contribution in [0.3, 0.4) is 0 Å². The first kappa shape index (κ1) is 20.4. The van der Waals surface area contributed by atoms with Crippen LogP contribution >= 0.6 is 0 Å². The normalized spacial score (nSPS) is 11.5. The molecule has 0 amide bonds. The van der Waals surface area contributed by atoms with Gasteiger partial charge in [-0.3, -0.25) is 4.79 Å². The lowest BCUT2D eigenvalue weighted by atomic mass is 10.0. The Morgan fingerprint density at radius 2 is 1.76 bits per heavy atom. The number of hydrogen-bond acceptors (Lipinski definition) is 5. The van der Waals surface area contributed by atoms with Gasteiger partial charge in [0.05, 0.1) is 12.0 Å². The third kappa shape index (κ3) is 5.82. The molecule has 1 heterocycles. The standard InChI is InChI=1S/C24H25NO4/c1-17(2)20-8-6-19(7-9-20)15-29-25-18(3)21-10-12-22(13-11-21)28-16-23(26)24-5-4-14-27-24/h4-14,17H,15-16H2,1-3H3. The molecule has 5 heteroatoms. The minimum atomic E-state index is -0.202. The van der Waals surface area contributed by atoms with E-state index in [1.807, 2.05) is 19.1 Å². The zero-order chi connectivity index (χ0) is 20.6. The van der Waals surface area contributed by atoms with E-state index in [2.05, 4.69) is 43.3 Å². The fourth-order valence-electron chi connectivity index (χ4n) is 2.70. The number of nitrogens with zero attached hydrogens (tertiary/aromatic N) is 1. The van der Waals surface area contributed by atoms with Crippen LogP contribution < -0.4 is 4.74 Å². The summed E-state index contributed by atoms with van der Waals surface area (Å²) in [7, 11) is 0. The molecule has 0 unspecified atom stereocenters. The molecule has 0 aliphatic heterocycles. The van der Waals surface area contributed by atoms with Crippen molar-refractivity contribution in [2.24, 2.45) is 5.16 Å². The number of furan rings is 1. The molecular formula is C24H25NO4. The van der Waals surface area contributed by atoms with Crippen LogP contribution in [-0.2, 0) is 11.4 Å². The van der Waals surface area contributed by atoms with Gasteiger partial charge < -0.3 is 14.0 Å². The number of rotatable bonds is 9. The van der Waals surface area contributed by atoms with Crippen LogP contribution in [-0.4, -0.2) is 18.1 Å². The molecule has 0 atom stereocenters. The van der Waals surface area contributed by atoms with Crippen molar-refractivity contribution in [3.63, 3.8) is 0 Å². The predicted molar refractivity (Wildman–Crippen MR) is 113 cm³/mol. The van der Waals surface area contributed by atoms with Gasteiger partial charge in [-0.1, -0.05) is 43.3 Å². The molecule has 150 valence electrons. The van der Waals surface area contributed by atoms with Gasteiger partial charge in [-0.2, -0.15) is 0 Å². The fourth-order valence-corrected chi connectivity index (χ4v) is 2.70. The van der Waals surface area contributed by atoms with Crippen molar-refractivity contribution >= 4 is 11.5 Å². The minimum Gasteiger partial charge on any atom is -0.485 e. The number of oxime groups is 1. The van der Waals surface area contributed by atoms with Gasteiger partial charge >= 0.3 is 0 Å². The fraction of sp³-hybridized carbons (Fsp3) is 0.250. The molecule has 0 spiro atoms. The third-order valence-corrected chi connectivity index (χ3v) is 4.52. The van der Waals surface area contributed by atoms with Crippen LogP contribution in [0.4, 0.5) is 0 Å². The van der Waals surface area contributed by atoms with Crippen molar-refractivity contribution in [1.82, 2.24) is 0 Å². The van der Waals surface area contributed by atoms with Gasteiger partial charge in [0.25, 0.3) is 0 Å². The minimum absolute atomic E-state index is 0.0708. The van der Waals surface area contributed by atoms with Gasteiger partial charge in [0, 0.05) is 0 Å². The number of benzene rings is 2. The predicted octanol–water partition coefficient (Wildman–Crippen LogP) is 5.61. The number of ketones is 1. The Hall–Kier alpha value is -3.34. The van der Waals surface area contributed by atoms with Crippen molar-refractivity contribution < 1.29 is 18.8 Å². The second-order valence-electron chi connectivity index (χ2n) is 7.06. The number of ether oxygens (including phenoxy) is 1. The van der Waals surface area contributed by atoms with Crippen molar-refractivity contribution in [2.75, 3.05) is 6.61 Å². The molecule has 0 fully saturated rings. The van der Waals surface area contributed by atoms with E-state index in [9.17, 15) is 4.79 Å². The van der Waals surface area contributed by atoms with E-state index in [1.165, 1.54) is 11.8 Å². The summed E-state index contributed by atoms with van der Waals surface area (Å²) in [5.41, 5.74) is 4.07. The molecule has 0 saturated heterocycles. The van der Waals surface area contributed by atoms with Crippen molar-refractivity contribution in [1.29, 1.82) is 0 Å². The maximum Gasteiger partial charge on any atom is 0.235 e. The van der Waals surface area contributed by atoms with E-state index in [4.69, 9.17) is 14.0 Å². The Morgan fingerprint density at radius 3 is 2.38 bits per heavy atom. The highest BCUT2D eigenvalue weighted by Gasteiger charge is 2.09. The quantitative estimate of drug-likeness (QED) is 0.270. The molecular weight excluding hydrogens is 366 g/mol. The van der Waals surface area contributed by atoms with Gasteiger partial charge in [0.2, 0.25) is 5.78 Å². The van der Waals surface area contributed by atoms with Gasteiger partial charge in [0.1, 0.15) is 12.4 Å². The molecule has 2 aromatic carbocycles. The van der Waals surface area contributed by atoms with E-state index in [0.29, 0.717) is 24.0 Å². The Morgan fingerprint density at radius 1 is 1.03 bits per heavy atom. The van der Waals surface area contributed by atoms with Crippen LogP contribution in [0.2, 0.25) is 0 Å². The van der Waals surface area contributed by atoms with Gasteiger partial charge in [-0.15, -0.1) is 0 Å². The number of carbonyl (C=O) groups is 1. The van der Waals surface area contributed by atoms with Crippen LogP contribution in [0.25, 0.3) is 0 Å². The van der Waals surface area contributed by atoms with Gasteiger partial charge in [-0.05, 0) is 65.9 Å². The summed E-state index contributed by atoms with van der Waals surface area (Å²) in [6.45, 7) is 6.58. The summed E-state index contributed by atoms with van der Waals surface area (Å²) in [5.74, 6) is 1.21. The average Bonchev–Trinajstić information content (AvgIpc) is 3.28. The van der Waals surface area contributed by atoms with E-state index in [-0.39, 0.29) is 12.4 Å². The Bertz CT molecular complexity index is 940. The zero-order valence-electron chi connectivity index (χ0n) is 16.9. The average molecular weight is 391 g/mol. The Kier molecular flexibility index (Phi) is 6.85. The summed E-state index contributed by atoms with van der Waals surface area (Å²) < 4.78 is 10.6. The van der Waals surface area contributed by atoms with Crippen molar-refractivity contribution in [2.45, 2.75) is 33.3 Å². The lowest BCUT2D eigenvalue weighted by Crippen LogP contribution is -2.10. The molecule has 29 heavy (non-hydrogen) atoms. The summed E-state index contributed by atoms with van der Waals surface area (Å²) >= 11 is 0. The smallest absolute Gasteiger partial charge is 0.235 e. The van der Waals surface area contributed by atoms with E-state index < -0.39 is 0 Å². The summed E-state index contributed by atoms with van der Waals surface area (Å²) in [6.07, 6.45) is 1.47. The second-order valence-corrected chi connectivity index (χ2v) is 7.06. The molecule has 0 aliphatic carbocycles. The summed E-state index contributed by atoms with van der Waals surface area (Å²) in [6, 6.07) is 19.0. The lowest BCUT2D eigenvalue weighted by Gasteiger charge is -2.07. The first-order chi connectivity index (χ1) is 14.0. The Labute approximate surface area is 170 Å². The molecule has 0 N–H and O–H groups in total.